The molecule has 0 spiro atoms. The first kappa shape index (κ1) is 23.9. The Labute approximate surface area is 197 Å². The molecule has 2 saturated heterocycles. The van der Waals surface area contributed by atoms with Crippen LogP contribution >= 0.6 is 0 Å². The van der Waals surface area contributed by atoms with Gasteiger partial charge in [-0.25, -0.2) is 17.9 Å². The Balaban J connectivity index is 1.44. The number of carbonyl (C=O) groups excluding carboxylic acids is 3. The molecule has 2 aromatic rings. The lowest BCUT2D eigenvalue weighted by atomic mass is 9.87. The number of rotatable bonds is 8. The molecule has 0 unspecified atom stereocenters. The maximum Gasteiger partial charge on any atom is 0.344 e. The van der Waals surface area contributed by atoms with Crippen LogP contribution in [0.4, 0.5) is 4.79 Å². The third kappa shape index (κ3) is 4.54. The van der Waals surface area contributed by atoms with E-state index in [1.54, 1.807) is 37.3 Å². The molecule has 2 atom stereocenters. The monoisotopic (exact) mass is 486 g/mol. The Bertz CT molecular complexity index is 1180. The number of nitrogens with one attached hydrogen (secondary N) is 3. The zero-order chi connectivity index (χ0) is 24.3. The van der Waals surface area contributed by atoms with Crippen molar-refractivity contribution in [1.82, 2.24) is 20.5 Å². The molecule has 2 aliphatic rings. The van der Waals surface area contributed by atoms with Gasteiger partial charge >= 0.3 is 6.03 Å². The molecule has 2 heterocycles. The summed E-state index contributed by atoms with van der Waals surface area (Å²) in [5, 5.41) is 3.34. The molecule has 3 N–H and O–H groups in total. The highest BCUT2D eigenvalue weighted by Gasteiger charge is 2.52. The minimum Gasteiger partial charge on any atom is -0.377 e. The lowest BCUT2D eigenvalue weighted by Gasteiger charge is -2.25. The Kier molecular flexibility index (Phi) is 6.69. The molecule has 0 radical (unpaired) electrons. The number of carbonyl (C=O) groups is 3. The van der Waals surface area contributed by atoms with E-state index in [1.165, 1.54) is 24.3 Å². The molecule has 2 aromatic carbocycles. The summed E-state index contributed by atoms with van der Waals surface area (Å²) in [7, 11) is -3.77. The number of benzene rings is 2. The predicted octanol–water partition coefficient (Wildman–Crippen LogP) is 1.65. The third-order valence-corrected chi connectivity index (χ3v) is 7.49. The molecule has 180 valence electrons. The molecule has 4 amide bonds. The maximum absolute atomic E-state index is 13.1. The van der Waals surface area contributed by atoms with Crippen LogP contribution in [0.3, 0.4) is 0 Å². The minimum absolute atomic E-state index is 0.00823. The number of hydrazine groups is 1. The van der Waals surface area contributed by atoms with Crippen molar-refractivity contribution in [2.45, 2.75) is 42.7 Å². The Morgan fingerprint density at radius 1 is 1.15 bits per heavy atom. The van der Waals surface area contributed by atoms with E-state index in [4.69, 9.17) is 4.74 Å². The van der Waals surface area contributed by atoms with Crippen LogP contribution in [0.25, 0.3) is 0 Å². The number of amides is 4. The van der Waals surface area contributed by atoms with E-state index in [1.807, 2.05) is 0 Å². The van der Waals surface area contributed by atoms with Crippen LogP contribution in [0, 0.1) is 0 Å². The zero-order valence-electron chi connectivity index (χ0n) is 18.6. The van der Waals surface area contributed by atoms with E-state index >= 15 is 0 Å². The van der Waals surface area contributed by atoms with Gasteiger partial charge in [0.05, 0.1) is 11.0 Å². The molecule has 4 rings (SSSR count). The lowest BCUT2D eigenvalue weighted by Crippen LogP contribution is -2.48. The van der Waals surface area contributed by atoms with Crippen LogP contribution < -0.4 is 15.5 Å². The molecule has 2 fully saturated rings. The average molecular weight is 487 g/mol. The van der Waals surface area contributed by atoms with Crippen molar-refractivity contribution in [3.05, 3.63) is 65.7 Å². The molecular weight excluding hydrogens is 460 g/mol. The van der Waals surface area contributed by atoms with Gasteiger partial charge in [0.2, 0.25) is 10.0 Å². The first-order valence-electron chi connectivity index (χ1n) is 11.0. The smallest absolute Gasteiger partial charge is 0.344 e. The van der Waals surface area contributed by atoms with E-state index < -0.39 is 33.4 Å². The van der Waals surface area contributed by atoms with Gasteiger partial charge in [-0.3, -0.25) is 15.0 Å². The van der Waals surface area contributed by atoms with Gasteiger partial charge in [-0.2, -0.15) is 5.01 Å². The van der Waals surface area contributed by atoms with Crippen molar-refractivity contribution >= 4 is 27.9 Å². The fraction of sp³-hybridized carbons (Fsp3) is 0.348. The summed E-state index contributed by atoms with van der Waals surface area (Å²) in [5.41, 5.74) is 1.74. The van der Waals surface area contributed by atoms with Gasteiger partial charge in [-0.1, -0.05) is 37.3 Å². The molecular formula is C23H26N4O6S. The number of hydrogen-bond donors (Lipinski definition) is 3. The van der Waals surface area contributed by atoms with Gasteiger partial charge in [0.25, 0.3) is 11.8 Å². The van der Waals surface area contributed by atoms with Gasteiger partial charge in [0.1, 0.15) is 5.54 Å². The number of hydrogen-bond acceptors (Lipinski definition) is 6. The lowest BCUT2D eigenvalue weighted by molar-refractivity contribution is -0.133. The number of sulfonamides is 1. The quantitative estimate of drug-likeness (QED) is 0.486. The third-order valence-electron chi connectivity index (χ3n) is 6.05. The van der Waals surface area contributed by atoms with Gasteiger partial charge in [-0.15, -0.1) is 0 Å². The Morgan fingerprint density at radius 3 is 2.47 bits per heavy atom. The standard InChI is InChI=1S/C23H26N4O6S/c1-2-23(17-7-4-3-5-8-17)21(29)27(22(30)25-23)26-20(28)16-10-12-19(13-11-16)34(31,32)24-15-18-9-6-14-33-18/h3-5,7-8,10-13,18,24H,2,6,9,14-15H2,1H3,(H,25,30)(H,26,28)/t18-,23-/m1/s1. The highest BCUT2D eigenvalue weighted by Crippen LogP contribution is 2.31. The van der Waals surface area contributed by atoms with Crippen molar-refractivity contribution in [3.63, 3.8) is 0 Å². The molecule has 11 heteroatoms. The van der Waals surface area contributed by atoms with E-state index in [-0.39, 0.29) is 23.1 Å². The molecule has 34 heavy (non-hydrogen) atoms. The van der Waals surface area contributed by atoms with Crippen LogP contribution in [-0.4, -0.2) is 50.5 Å². The van der Waals surface area contributed by atoms with E-state index in [0.29, 0.717) is 23.6 Å². The van der Waals surface area contributed by atoms with E-state index in [2.05, 4.69) is 15.5 Å². The molecule has 2 aliphatic heterocycles. The fourth-order valence-corrected chi connectivity index (χ4v) is 5.15. The summed E-state index contributed by atoms with van der Waals surface area (Å²) >= 11 is 0. The average Bonchev–Trinajstić information content (AvgIpc) is 3.46. The van der Waals surface area contributed by atoms with Gasteiger partial charge in [0, 0.05) is 18.7 Å². The molecule has 0 saturated carbocycles. The predicted molar refractivity (Wildman–Crippen MR) is 122 cm³/mol. The summed E-state index contributed by atoms with van der Waals surface area (Å²) < 4.78 is 32.9. The van der Waals surface area contributed by atoms with Crippen LogP contribution in [0.2, 0.25) is 0 Å². The molecule has 0 aliphatic carbocycles. The van der Waals surface area contributed by atoms with Crippen molar-refractivity contribution in [2.24, 2.45) is 0 Å². The summed E-state index contributed by atoms with van der Waals surface area (Å²) in [4.78, 5) is 38.4. The van der Waals surface area contributed by atoms with E-state index in [0.717, 1.165) is 12.8 Å². The first-order chi connectivity index (χ1) is 16.3. The van der Waals surface area contributed by atoms with Crippen LogP contribution in [0.15, 0.2) is 59.5 Å². The van der Waals surface area contributed by atoms with Gasteiger partial charge in [-0.05, 0) is 49.1 Å². The first-order valence-corrected chi connectivity index (χ1v) is 12.5. The molecule has 10 nitrogen and oxygen atoms in total. The van der Waals surface area contributed by atoms with Gasteiger partial charge < -0.3 is 10.1 Å². The minimum atomic E-state index is -3.77. The number of nitrogens with zero attached hydrogens (tertiary/aromatic N) is 1. The van der Waals surface area contributed by atoms with Crippen molar-refractivity contribution in [3.8, 4) is 0 Å². The largest absolute Gasteiger partial charge is 0.377 e. The summed E-state index contributed by atoms with van der Waals surface area (Å²) in [6.07, 6.45) is 1.85. The van der Waals surface area contributed by atoms with Crippen molar-refractivity contribution < 1.29 is 27.5 Å². The Hall–Kier alpha value is -3.28. The molecule has 0 bridgehead atoms. The SMILES string of the molecule is CC[C@]1(c2ccccc2)NC(=O)N(NC(=O)c2ccc(S(=O)(=O)NC[C@H]3CCCO3)cc2)C1=O. The van der Waals surface area contributed by atoms with Crippen LogP contribution in [0.5, 0.6) is 0 Å². The van der Waals surface area contributed by atoms with Crippen molar-refractivity contribution in [2.75, 3.05) is 13.2 Å². The second kappa shape index (κ2) is 9.53. The van der Waals surface area contributed by atoms with Crippen molar-refractivity contribution in [1.29, 1.82) is 0 Å². The van der Waals surface area contributed by atoms with Crippen LogP contribution in [0.1, 0.15) is 42.1 Å². The van der Waals surface area contributed by atoms with Gasteiger partial charge in [0.15, 0.2) is 0 Å². The summed E-state index contributed by atoms with van der Waals surface area (Å²) in [5.74, 6) is -1.32. The molecule has 0 aromatic heterocycles. The second-order valence-electron chi connectivity index (χ2n) is 8.15. The topological polar surface area (TPSA) is 134 Å². The summed E-state index contributed by atoms with van der Waals surface area (Å²) in [6, 6.07) is 13.3. The number of imide groups is 1. The normalized spacial score (nSPS) is 22.6. The Morgan fingerprint density at radius 2 is 1.85 bits per heavy atom. The number of urea groups is 1. The highest BCUT2D eigenvalue weighted by molar-refractivity contribution is 7.89. The van der Waals surface area contributed by atoms with Crippen LogP contribution in [-0.2, 0) is 25.1 Å². The maximum atomic E-state index is 13.1. The number of ether oxygens (including phenoxy) is 1. The zero-order valence-corrected chi connectivity index (χ0v) is 19.4. The fourth-order valence-electron chi connectivity index (χ4n) is 4.08. The van der Waals surface area contributed by atoms with E-state index in [9.17, 15) is 22.8 Å². The second-order valence-corrected chi connectivity index (χ2v) is 9.91. The summed E-state index contributed by atoms with van der Waals surface area (Å²) in [6.45, 7) is 2.57. The highest BCUT2D eigenvalue weighted by atomic mass is 32.2.